The molecule has 1 heterocycles. The molecule has 0 saturated heterocycles. The smallest absolute Gasteiger partial charge is 0.370 e. The van der Waals surface area contributed by atoms with Crippen molar-refractivity contribution in [2.75, 3.05) is 13.7 Å². The van der Waals surface area contributed by atoms with Gasteiger partial charge in [-0.15, -0.1) is 0 Å². The Kier molecular flexibility index (Phi) is 3.85. The molecule has 1 aliphatic rings. The van der Waals surface area contributed by atoms with E-state index in [0.717, 1.165) is 12.5 Å². The lowest BCUT2D eigenvalue weighted by Gasteiger charge is -2.26. The molecule has 0 amide bonds. The number of rotatable bonds is 3. The van der Waals surface area contributed by atoms with E-state index in [2.05, 4.69) is 76.3 Å². The van der Waals surface area contributed by atoms with E-state index in [4.69, 9.17) is 4.74 Å². The molecule has 2 nitrogen and oxygen atoms in total. The molecule has 2 rings (SSSR count). The van der Waals surface area contributed by atoms with Gasteiger partial charge in [-0.3, -0.25) is 0 Å². The Labute approximate surface area is 124 Å². The van der Waals surface area contributed by atoms with Gasteiger partial charge in [-0.25, -0.2) is 0 Å². The molecule has 1 aromatic rings. The molecule has 1 atom stereocenters. The fraction of sp³-hybridized carbons (Fsp3) is 0.588. The van der Waals surface area contributed by atoms with Crippen LogP contribution >= 0.6 is 0 Å². The molecular weight excluding hydrogens is 262 g/mol. The quantitative estimate of drug-likeness (QED) is 0.608. The minimum atomic E-state index is -1.23. The molecule has 0 aromatic heterocycles. The lowest BCUT2D eigenvalue weighted by Crippen LogP contribution is -2.34. The third-order valence-corrected chi connectivity index (χ3v) is 7.64. The number of hydrogen-bond acceptors (Lipinski definition) is 1. The molecule has 1 aliphatic heterocycles. The molecule has 0 aliphatic carbocycles. The summed E-state index contributed by atoms with van der Waals surface area (Å²) in [7, 11) is 0.908. The standard InChI is InChI=1S/C17H28NOSi/c1-13(20(5,6)7)14-10-8-9-11-15(14)16-18(4)17(2,3)12-19-16/h8-11,13H,12H2,1-7H3/q+1. The van der Waals surface area contributed by atoms with Gasteiger partial charge in [0, 0.05) is 13.8 Å². The normalized spacial score (nSPS) is 19.9. The third-order valence-electron chi connectivity index (χ3n) is 4.73. The van der Waals surface area contributed by atoms with E-state index in [9.17, 15) is 0 Å². The van der Waals surface area contributed by atoms with Gasteiger partial charge in [-0.2, -0.15) is 4.58 Å². The van der Waals surface area contributed by atoms with Crippen LogP contribution in [0.25, 0.3) is 0 Å². The Morgan fingerprint density at radius 2 is 1.80 bits per heavy atom. The molecule has 0 fully saturated rings. The van der Waals surface area contributed by atoms with Crippen molar-refractivity contribution in [3.05, 3.63) is 35.4 Å². The third kappa shape index (κ3) is 2.69. The summed E-state index contributed by atoms with van der Waals surface area (Å²) in [6.07, 6.45) is 0. The number of benzene rings is 1. The predicted molar refractivity (Wildman–Crippen MR) is 88.5 cm³/mol. The SMILES string of the molecule is CC(c1ccccc1C1=[N+](C)C(C)(C)CO1)[Si](C)(C)C. The van der Waals surface area contributed by atoms with Gasteiger partial charge in [0.1, 0.15) is 7.05 Å². The number of hydrogen-bond donors (Lipinski definition) is 0. The molecule has 110 valence electrons. The van der Waals surface area contributed by atoms with Crippen LogP contribution in [0.5, 0.6) is 0 Å². The van der Waals surface area contributed by atoms with E-state index < -0.39 is 8.07 Å². The first-order chi connectivity index (χ1) is 9.14. The number of nitrogens with zero attached hydrogens (tertiary/aromatic N) is 1. The maximum absolute atomic E-state index is 6.03. The zero-order chi connectivity index (χ0) is 15.1. The highest BCUT2D eigenvalue weighted by molar-refractivity contribution is 6.77. The van der Waals surface area contributed by atoms with Gasteiger partial charge in [-0.1, -0.05) is 44.8 Å². The van der Waals surface area contributed by atoms with Gasteiger partial charge in [0.25, 0.3) is 0 Å². The zero-order valence-corrected chi connectivity index (χ0v) is 14.9. The average molecular weight is 291 g/mol. The van der Waals surface area contributed by atoms with E-state index in [1.807, 2.05) is 0 Å². The lowest BCUT2D eigenvalue weighted by atomic mass is 10.0. The molecule has 1 aromatic carbocycles. The van der Waals surface area contributed by atoms with Crippen molar-refractivity contribution in [3.63, 3.8) is 0 Å². The van der Waals surface area contributed by atoms with Gasteiger partial charge < -0.3 is 4.74 Å². The van der Waals surface area contributed by atoms with Crippen LogP contribution in [0.3, 0.4) is 0 Å². The molecule has 0 N–H and O–H groups in total. The van der Waals surface area contributed by atoms with E-state index in [-0.39, 0.29) is 5.54 Å². The summed E-state index contributed by atoms with van der Waals surface area (Å²) in [6.45, 7) is 14.9. The molecule has 0 spiro atoms. The van der Waals surface area contributed by atoms with Crippen LogP contribution in [-0.4, -0.2) is 37.7 Å². The maximum atomic E-state index is 6.03. The van der Waals surface area contributed by atoms with E-state index in [0.29, 0.717) is 5.54 Å². The van der Waals surface area contributed by atoms with Gasteiger partial charge in [0.05, 0.1) is 13.6 Å². The summed E-state index contributed by atoms with van der Waals surface area (Å²) in [6, 6.07) is 8.74. The molecule has 0 bridgehead atoms. The highest BCUT2D eigenvalue weighted by atomic mass is 28.3. The number of likely N-dealkylation sites (N-methyl/N-ethyl adjacent to an activating group) is 1. The summed E-state index contributed by atoms with van der Waals surface area (Å²) in [4.78, 5) is 0. The zero-order valence-electron chi connectivity index (χ0n) is 13.9. The Bertz CT molecular complexity index is 540. The molecule has 0 saturated carbocycles. The topological polar surface area (TPSA) is 12.2 Å². The van der Waals surface area contributed by atoms with Crippen molar-refractivity contribution in [1.29, 1.82) is 0 Å². The highest BCUT2D eigenvalue weighted by Crippen LogP contribution is 2.31. The highest BCUT2D eigenvalue weighted by Gasteiger charge is 2.41. The van der Waals surface area contributed by atoms with Crippen LogP contribution in [0.15, 0.2) is 24.3 Å². The van der Waals surface area contributed by atoms with Crippen molar-refractivity contribution < 1.29 is 9.31 Å². The van der Waals surface area contributed by atoms with Crippen molar-refractivity contribution >= 4 is 14.0 Å². The van der Waals surface area contributed by atoms with Crippen molar-refractivity contribution in [2.24, 2.45) is 0 Å². The predicted octanol–water partition coefficient (Wildman–Crippen LogP) is 3.87. The van der Waals surface area contributed by atoms with Crippen LogP contribution in [0.4, 0.5) is 0 Å². The van der Waals surface area contributed by atoms with Crippen molar-refractivity contribution in [2.45, 2.75) is 51.5 Å². The van der Waals surface area contributed by atoms with Crippen molar-refractivity contribution in [1.82, 2.24) is 0 Å². The summed E-state index contributed by atoms with van der Waals surface area (Å²) >= 11 is 0. The van der Waals surface area contributed by atoms with Gasteiger partial charge in [0.2, 0.25) is 0 Å². The fourth-order valence-electron chi connectivity index (χ4n) is 2.51. The second-order valence-electron chi connectivity index (χ2n) is 7.64. The maximum Gasteiger partial charge on any atom is 0.370 e. The van der Waals surface area contributed by atoms with E-state index >= 15 is 0 Å². The number of ether oxygens (including phenoxy) is 1. The lowest BCUT2D eigenvalue weighted by molar-refractivity contribution is -0.562. The second-order valence-corrected chi connectivity index (χ2v) is 13.2. The Balaban J connectivity index is 2.53. The first-order valence-electron chi connectivity index (χ1n) is 7.47. The van der Waals surface area contributed by atoms with Crippen LogP contribution in [0, 0.1) is 0 Å². The summed E-state index contributed by atoms with van der Waals surface area (Å²) in [5.41, 5.74) is 3.40. The van der Waals surface area contributed by atoms with Crippen LogP contribution in [-0.2, 0) is 4.74 Å². The van der Waals surface area contributed by atoms with Crippen LogP contribution in [0.1, 0.15) is 37.4 Å². The monoisotopic (exact) mass is 290 g/mol. The minimum absolute atomic E-state index is 0.0742. The van der Waals surface area contributed by atoms with E-state index in [1.165, 1.54) is 11.1 Å². The van der Waals surface area contributed by atoms with Gasteiger partial charge >= 0.3 is 5.90 Å². The van der Waals surface area contributed by atoms with Gasteiger partial charge in [-0.05, 0) is 17.2 Å². The van der Waals surface area contributed by atoms with E-state index in [1.54, 1.807) is 0 Å². The van der Waals surface area contributed by atoms with Crippen molar-refractivity contribution in [3.8, 4) is 0 Å². The Hall–Kier alpha value is -1.09. The average Bonchev–Trinajstić information content (AvgIpc) is 2.63. The molecule has 1 unspecified atom stereocenters. The fourth-order valence-corrected chi connectivity index (χ4v) is 3.69. The molecule has 0 radical (unpaired) electrons. The largest absolute Gasteiger partial charge is 0.437 e. The van der Waals surface area contributed by atoms with Crippen LogP contribution in [0.2, 0.25) is 19.6 Å². The first-order valence-corrected chi connectivity index (χ1v) is 11.1. The van der Waals surface area contributed by atoms with Gasteiger partial charge in [0.15, 0.2) is 12.1 Å². The summed E-state index contributed by atoms with van der Waals surface area (Å²) < 4.78 is 8.31. The Morgan fingerprint density at radius 1 is 1.20 bits per heavy atom. The molecular formula is C17H28NOSi+. The second kappa shape index (κ2) is 5.03. The molecule has 3 heteroatoms. The molecule has 20 heavy (non-hydrogen) atoms. The first kappa shape index (κ1) is 15.3. The minimum Gasteiger partial charge on any atom is -0.437 e. The van der Waals surface area contributed by atoms with Crippen LogP contribution < -0.4 is 0 Å². The summed E-state index contributed by atoms with van der Waals surface area (Å²) in [5, 5.41) is 0. The Morgan fingerprint density at radius 3 is 2.30 bits per heavy atom. The summed E-state index contributed by atoms with van der Waals surface area (Å²) in [5.74, 6) is 1.04.